The van der Waals surface area contributed by atoms with Crippen molar-refractivity contribution in [2.75, 3.05) is 29.4 Å². The third kappa shape index (κ3) is 3.27. The second-order valence-electron chi connectivity index (χ2n) is 7.02. The minimum atomic E-state index is -0.563. The Balaban J connectivity index is 1.44. The SMILES string of the molecule is [B]c1cnc(N2CCc3nc(-c4ccc(N5CCCC5)nc4F)sc3C2=O)nc1. The normalized spacial score (nSPS) is 16.4. The molecule has 0 aliphatic carbocycles. The second-order valence-corrected chi connectivity index (χ2v) is 8.02. The van der Waals surface area contributed by atoms with E-state index in [1.165, 1.54) is 28.6 Å². The molecule has 0 bridgehead atoms. The summed E-state index contributed by atoms with van der Waals surface area (Å²) in [4.78, 5) is 33.9. The van der Waals surface area contributed by atoms with E-state index in [2.05, 4.69) is 24.8 Å². The zero-order valence-corrected chi connectivity index (χ0v) is 16.3. The molecule has 0 aromatic carbocycles. The van der Waals surface area contributed by atoms with E-state index in [0.717, 1.165) is 25.9 Å². The maximum atomic E-state index is 14.7. The number of anilines is 2. The number of thiazole rings is 1. The molecule has 1 fully saturated rings. The molecule has 144 valence electrons. The second kappa shape index (κ2) is 7.18. The minimum absolute atomic E-state index is 0.234. The molecule has 0 atom stereocenters. The van der Waals surface area contributed by atoms with Gasteiger partial charge in [0.15, 0.2) is 0 Å². The van der Waals surface area contributed by atoms with Crippen LogP contribution in [0.4, 0.5) is 16.2 Å². The Morgan fingerprint density at radius 2 is 1.83 bits per heavy atom. The first-order valence-electron chi connectivity index (χ1n) is 9.41. The summed E-state index contributed by atoms with van der Waals surface area (Å²) in [6, 6.07) is 3.52. The quantitative estimate of drug-likeness (QED) is 0.487. The molecule has 10 heteroatoms. The van der Waals surface area contributed by atoms with Crippen LogP contribution in [0, 0.1) is 5.95 Å². The van der Waals surface area contributed by atoms with Crippen molar-refractivity contribution in [2.24, 2.45) is 0 Å². The number of hydrogen-bond acceptors (Lipinski definition) is 7. The largest absolute Gasteiger partial charge is 0.357 e. The van der Waals surface area contributed by atoms with Gasteiger partial charge in [0.1, 0.15) is 23.5 Å². The number of carbonyl (C=O) groups is 1. The first kappa shape index (κ1) is 18.2. The number of amides is 1. The van der Waals surface area contributed by atoms with Gasteiger partial charge in [0.2, 0.25) is 11.9 Å². The predicted octanol–water partition coefficient (Wildman–Crippen LogP) is 1.73. The summed E-state index contributed by atoms with van der Waals surface area (Å²) in [6.07, 6.45) is 5.67. The number of nitrogens with zero attached hydrogens (tertiary/aromatic N) is 6. The molecule has 5 rings (SSSR count). The number of fused-ring (bicyclic) bond motifs is 1. The van der Waals surface area contributed by atoms with Crippen molar-refractivity contribution in [1.29, 1.82) is 0 Å². The fourth-order valence-corrected chi connectivity index (χ4v) is 4.69. The van der Waals surface area contributed by atoms with Crippen molar-refractivity contribution in [3.8, 4) is 10.6 Å². The van der Waals surface area contributed by atoms with Crippen LogP contribution in [0.15, 0.2) is 24.5 Å². The van der Waals surface area contributed by atoms with Crippen molar-refractivity contribution in [1.82, 2.24) is 19.9 Å². The lowest BCUT2D eigenvalue weighted by Crippen LogP contribution is -2.38. The number of aromatic nitrogens is 4. The standard InChI is InChI=1S/C19H16BFN6OS/c20-11-9-22-19(23-10-11)27-8-5-13-15(18(27)28)29-17(24-13)12-3-4-14(25-16(12)21)26-6-1-2-7-26/h3-4,9-10H,1-2,5-8H2. The fourth-order valence-electron chi connectivity index (χ4n) is 3.61. The molecule has 2 aliphatic heterocycles. The molecule has 3 aromatic heterocycles. The average Bonchev–Trinajstić information content (AvgIpc) is 3.39. The van der Waals surface area contributed by atoms with Crippen molar-refractivity contribution in [2.45, 2.75) is 19.3 Å². The van der Waals surface area contributed by atoms with Crippen molar-refractivity contribution in [3.05, 3.63) is 41.0 Å². The first-order valence-corrected chi connectivity index (χ1v) is 10.2. The van der Waals surface area contributed by atoms with E-state index >= 15 is 0 Å². The molecule has 3 aromatic rings. The average molecular weight is 406 g/mol. The van der Waals surface area contributed by atoms with Crippen LogP contribution in [0.3, 0.4) is 0 Å². The number of halogens is 1. The molecule has 5 heterocycles. The van der Waals surface area contributed by atoms with E-state index in [1.54, 1.807) is 6.07 Å². The van der Waals surface area contributed by atoms with Gasteiger partial charge in [0.05, 0.1) is 11.3 Å². The summed E-state index contributed by atoms with van der Waals surface area (Å²) >= 11 is 1.17. The first-order chi connectivity index (χ1) is 14.1. The molecule has 0 N–H and O–H groups in total. The summed E-state index contributed by atoms with van der Waals surface area (Å²) in [6.45, 7) is 2.21. The predicted molar refractivity (Wildman–Crippen MR) is 110 cm³/mol. The molecule has 0 saturated carbocycles. The summed E-state index contributed by atoms with van der Waals surface area (Å²) in [7, 11) is 5.62. The highest BCUT2D eigenvalue weighted by Crippen LogP contribution is 2.34. The van der Waals surface area contributed by atoms with Gasteiger partial charge in [-0.15, -0.1) is 11.3 Å². The van der Waals surface area contributed by atoms with E-state index in [4.69, 9.17) is 7.85 Å². The van der Waals surface area contributed by atoms with Crippen molar-refractivity contribution >= 4 is 42.3 Å². The van der Waals surface area contributed by atoms with Gasteiger partial charge in [0, 0.05) is 38.4 Å². The Morgan fingerprint density at radius 1 is 1.07 bits per heavy atom. The van der Waals surface area contributed by atoms with Crippen LogP contribution in [-0.4, -0.2) is 53.3 Å². The Bertz CT molecular complexity index is 1080. The number of hydrogen-bond donors (Lipinski definition) is 0. The molecular formula is C19H16BFN6OS. The topological polar surface area (TPSA) is 75.1 Å². The Kier molecular flexibility index (Phi) is 4.50. The van der Waals surface area contributed by atoms with E-state index in [9.17, 15) is 9.18 Å². The van der Waals surface area contributed by atoms with Crippen LogP contribution in [0.1, 0.15) is 28.2 Å². The monoisotopic (exact) mass is 406 g/mol. The number of rotatable bonds is 3. The van der Waals surface area contributed by atoms with Crippen LogP contribution in [-0.2, 0) is 6.42 Å². The third-order valence-electron chi connectivity index (χ3n) is 5.10. The van der Waals surface area contributed by atoms with Gasteiger partial charge in [-0.25, -0.2) is 19.9 Å². The molecule has 29 heavy (non-hydrogen) atoms. The molecular weight excluding hydrogens is 390 g/mol. The van der Waals surface area contributed by atoms with Crippen LogP contribution in [0.25, 0.3) is 10.6 Å². The van der Waals surface area contributed by atoms with Gasteiger partial charge in [-0.1, -0.05) is 5.46 Å². The molecule has 7 nitrogen and oxygen atoms in total. The number of pyridine rings is 1. The van der Waals surface area contributed by atoms with Gasteiger partial charge in [-0.2, -0.15) is 4.39 Å². The van der Waals surface area contributed by atoms with E-state index < -0.39 is 5.95 Å². The molecule has 1 amide bonds. The molecule has 1 saturated heterocycles. The Hall–Kier alpha value is -2.88. The highest BCUT2D eigenvalue weighted by atomic mass is 32.1. The van der Waals surface area contributed by atoms with E-state index in [1.807, 2.05) is 6.07 Å². The molecule has 0 unspecified atom stereocenters. The van der Waals surface area contributed by atoms with Crippen molar-refractivity contribution in [3.63, 3.8) is 0 Å². The van der Waals surface area contributed by atoms with Crippen LogP contribution >= 0.6 is 11.3 Å². The van der Waals surface area contributed by atoms with Crippen molar-refractivity contribution < 1.29 is 9.18 Å². The summed E-state index contributed by atoms with van der Waals surface area (Å²) in [5.41, 5.74) is 1.42. The summed E-state index contributed by atoms with van der Waals surface area (Å²) in [5.74, 6) is 0.147. The highest BCUT2D eigenvalue weighted by Gasteiger charge is 2.31. The Morgan fingerprint density at radius 3 is 2.55 bits per heavy atom. The lowest BCUT2D eigenvalue weighted by molar-refractivity contribution is 0.0982. The zero-order valence-electron chi connectivity index (χ0n) is 15.5. The van der Waals surface area contributed by atoms with Crippen LogP contribution in [0.2, 0.25) is 0 Å². The molecule has 2 radical (unpaired) electrons. The van der Waals surface area contributed by atoms with Gasteiger partial charge >= 0.3 is 0 Å². The van der Waals surface area contributed by atoms with Gasteiger partial charge in [-0.05, 0) is 25.0 Å². The maximum absolute atomic E-state index is 14.7. The van der Waals surface area contributed by atoms with Gasteiger partial charge in [-0.3, -0.25) is 9.69 Å². The van der Waals surface area contributed by atoms with E-state index in [0.29, 0.717) is 51.3 Å². The minimum Gasteiger partial charge on any atom is -0.357 e. The Labute approximate surface area is 172 Å². The van der Waals surface area contributed by atoms with Gasteiger partial charge in [0.25, 0.3) is 5.91 Å². The smallest absolute Gasteiger partial charge is 0.272 e. The molecule has 2 aliphatic rings. The highest BCUT2D eigenvalue weighted by molar-refractivity contribution is 7.17. The summed E-state index contributed by atoms with van der Waals surface area (Å²) < 4.78 is 14.7. The van der Waals surface area contributed by atoms with Crippen LogP contribution in [0.5, 0.6) is 0 Å². The van der Waals surface area contributed by atoms with Crippen LogP contribution < -0.4 is 15.3 Å². The lowest BCUT2D eigenvalue weighted by atomic mass is 10.0. The molecule has 0 spiro atoms. The van der Waals surface area contributed by atoms with Gasteiger partial charge < -0.3 is 4.90 Å². The fraction of sp³-hybridized carbons (Fsp3) is 0.316. The van der Waals surface area contributed by atoms with E-state index in [-0.39, 0.29) is 5.91 Å². The number of carbonyl (C=O) groups excluding carboxylic acids is 1. The third-order valence-corrected chi connectivity index (χ3v) is 6.22. The lowest BCUT2D eigenvalue weighted by Gasteiger charge is -2.23. The maximum Gasteiger partial charge on any atom is 0.272 e. The summed E-state index contributed by atoms with van der Waals surface area (Å²) in [5, 5.41) is 0.460. The zero-order chi connectivity index (χ0) is 20.0.